The first-order valence-corrected chi connectivity index (χ1v) is 5.83. The van der Waals surface area contributed by atoms with Crippen LogP contribution in [0.25, 0.3) is 0 Å². The van der Waals surface area contributed by atoms with E-state index in [1.165, 1.54) is 7.11 Å². The number of hydrogen-bond donors (Lipinski definition) is 0. The Bertz CT molecular complexity index is 437. The zero-order valence-electron chi connectivity index (χ0n) is 8.99. The molecule has 90 valence electrons. The van der Waals surface area contributed by atoms with Gasteiger partial charge in [-0.3, -0.25) is 9.59 Å². The molecule has 8 bridgehead atoms. The molecule has 0 amide bonds. The fourth-order valence-corrected chi connectivity index (χ4v) is 4.76. The van der Waals surface area contributed by atoms with E-state index in [9.17, 15) is 9.59 Å². The first kappa shape index (κ1) is 8.88. The topological polar surface area (TPSA) is 71.1 Å². The minimum absolute atomic E-state index is 0.0302. The predicted octanol–water partition coefficient (Wildman–Crippen LogP) is -0.929. The van der Waals surface area contributed by atoms with E-state index in [0.717, 1.165) is 0 Å². The summed E-state index contributed by atoms with van der Waals surface area (Å²) in [5.74, 6) is -2.56. The molecule has 0 aromatic rings. The fraction of sp³-hybridized carbons (Fsp3) is 0.818. The number of ether oxygens (including phenoxy) is 4. The smallest absolute Gasteiger partial charge is 0.315 e. The average molecular weight is 238 g/mol. The van der Waals surface area contributed by atoms with Crippen molar-refractivity contribution in [1.82, 2.24) is 0 Å². The summed E-state index contributed by atoms with van der Waals surface area (Å²) in [5.41, 5.74) is 0. The second kappa shape index (κ2) is 2.22. The largest absolute Gasteiger partial charge is 0.459 e. The highest BCUT2D eigenvalue weighted by molar-refractivity contribution is 5.86. The van der Waals surface area contributed by atoms with Gasteiger partial charge in [0.1, 0.15) is 30.1 Å². The third-order valence-corrected chi connectivity index (χ3v) is 5.14. The summed E-state index contributed by atoms with van der Waals surface area (Å²) in [6.45, 7) is 0. The molecule has 2 unspecified atom stereocenters. The quantitative estimate of drug-likeness (QED) is 0.550. The molecule has 6 aliphatic rings. The monoisotopic (exact) mass is 238 g/mol. The van der Waals surface area contributed by atoms with E-state index in [1.54, 1.807) is 0 Å². The molecule has 4 heterocycles. The molecular weight excluding hydrogens is 228 g/mol. The number of methoxy groups -OCH3 is 1. The summed E-state index contributed by atoms with van der Waals surface area (Å²) < 4.78 is 22.0. The summed E-state index contributed by atoms with van der Waals surface area (Å²) in [6, 6.07) is 0. The van der Waals surface area contributed by atoms with Gasteiger partial charge < -0.3 is 18.9 Å². The summed E-state index contributed by atoms with van der Waals surface area (Å²) in [7, 11) is 1.48. The van der Waals surface area contributed by atoms with Crippen LogP contribution in [0.1, 0.15) is 0 Å². The lowest BCUT2D eigenvalue weighted by Crippen LogP contribution is -2.56. The lowest BCUT2D eigenvalue weighted by Gasteiger charge is -2.40. The van der Waals surface area contributed by atoms with Gasteiger partial charge in [-0.25, -0.2) is 0 Å². The first-order chi connectivity index (χ1) is 8.19. The number of rotatable bonds is 1. The Labute approximate surface area is 96.1 Å². The van der Waals surface area contributed by atoms with E-state index >= 15 is 0 Å². The maximum atomic E-state index is 11.9. The van der Waals surface area contributed by atoms with Gasteiger partial charge in [-0.15, -0.1) is 0 Å². The van der Waals surface area contributed by atoms with E-state index in [4.69, 9.17) is 18.9 Å². The molecule has 6 fully saturated rings. The van der Waals surface area contributed by atoms with Crippen molar-refractivity contribution in [3.8, 4) is 0 Å². The molecule has 4 aliphatic heterocycles. The molecule has 0 aromatic heterocycles. The van der Waals surface area contributed by atoms with Gasteiger partial charge in [0.2, 0.25) is 0 Å². The molecule has 6 nitrogen and oxygen atoms in total. The lowest BCUT2D eigenvalue weighted by molar-refractivity contribution is -0.301. The van der Waals surface area contributed by atoms with Crippen LogP contribution in [0.2, 0.25) is 0 Å². The number of hydrogen-bond acceptors (Lipinski definition) is 6. The van der Waals surface area contributed by atoms with Crippen molar-refractivity contribution in [2.75, 3.05) is 7.11 Å². The van der Waals surface area contributed by atoms with Crippen LogP contribution in [0, 0.1) is 23.7 Å². The second-order valence-electron chi connectivity index (χ2n) is 5.42. The third-order valence-electron chi connectivity index (χ3n) is 5.14. The summed E-state index contributed by atoms with van der Waals surface area (Å²) in [4.78, 5) is 23.8. The van der Waals surface area contributed by atoms with Crippen molar-refractivity contribution in [3.63, 3.8) is 0 Å². The molecule has 2 saturated carbocycles. The van der Waals surface area contributed by atoms with Crippen LogP contribution in [0.5, 0.6) is 0 Å². The van der Waals surface area contributed by atoms with Gasteiger partial charge >= 0.3 is 11.9 Å². The van der Waals surface area contributed by atoms with Gasteiger partial charge in [-0.2, -0.15) is 0 Å². The molecule has 17 heavy (non-hydrogen) atoms. The summed E-state index contributed by atoms with van der Waals surface area (Å²) >= 11 is 0. The molecule has 0 radical (unpaired) electrons. The average Bonchev–Trinajstić information content (AvgIpc) is 2.88. The van der Waals surface area contributed by atoms with Crippen LogP contribution in [-0.4, -0.2) is 43.1 Å². The standard InChI is InChI=1S/C11H10O6/c1-14-11-4-2-3-5(11)10(13)16-7(3)8(17-11)6(2)15-9(4)12/h2-8H,1H3/t2-,3+,4+,5-,6+,7-,8?,11?. The summed E-state index contributed by atoms with van der Waals surface area (Å²) in [5, 5.41) is 0. The van der Waals surface area contributed by atoms with Crippen molar-refractivity contribution < 1.29 is 28.5 Å². The van der Waals surface area contributed by atoms with Crippen LogP contribution in [0.4, 0.5) is 0 Å². The minimum Gasteiger partial charge on any atom is -0.459 e. The van der Waals surface area contributed by atoms with E-state index in [2.05, 4.69) is 0 Å². The summed E-state index contributed by atoms with van der Waals surface area (Å²) in [6.07, 6.45) is -0.830. The zero-order valence-corrected chi connectivity index (χ0v) is 8.99. The normalized spacial score (nSPS) is 64.4. The van der Waals surface area contributed by atoms with Gasteiger partial charge in [0, 0.05) is 18.9 Å². The predicted molar refractivity (Wildman–Crippen MR) is 48.3 cm³/mol. The SMILES string of the molecule is COC12OC3[C@H]4OC(=O)[C@@H]1[C@H]4[C@@H]1[C@H]3OC(=O)[C@@H]12. The Balaban J connectivity index is 1.80. The molecule has 2 aliphatic carbocycles. The van der Waals surface area contributed by atoms with Crippen molar-refractivity contribution in [3.05, 3.63) is 0 Å². The number of esters is 2. The number of carbonyl (C=O) groups is 2. The van der Waals surface area contributed by atoms with Gasteiger partial charge in [-0.1, -0.05) is 0 Å². The van der Waals surface area contributed by atoms with Crippen molar-refractivity contribution >= 4 is 11.9 Å². The highest BCUT2D eigenvalue weighted by atomic mass is 16.7. The third kappa shape index (κ3) is 0.622. The molecule has 0 N–H and O–H groups in total. The van der Waals surface area contributed by atoms with Crippen molar-refractivity contribution in [2.24, 2.45) is 23.7 Å². The Morgan fingerprint density at radius 1 is 1.00 bits per heavy atom. The minimum atomic E-state index is -1.13. The van der Waals surface area contributed by atoms with E-state index in [-0.39, 0.29) is 42.1 Å². The van der Waals surface area contributed by atoms with Gasteiger partial charge in [0.25, 0.3) is 0 Å². The van der Waals surface area contributed by atoms with E-state index in [1.807, 2.05) is 0 Å². The Morgan fingerprint density at radius 2 is 1.53 bits per heavy atom. The second-order valence-corrected chi connectivity index (χ2v) is 5.42. The lowest BCUT2D eigenvalue weighted by atomic mass is 9.87. The van der Waals surface area contributed by atoms with Crippen LogP contribution in [0.3, 0.4) is 0 Å². The Kier molecular flexibility index (Phi) is 1.16. The molecule has 6 rings (SSSR count). The highest BCUT2D eigenvalue weighted by Crippen LogP contribution is 2.70. The fourth-order valence-electron chi connectivity index (χ4n) is 4.76. The molecule has 0 spiro atoms. The van der Waals surface area contributed by atoms with Gasteiger partial charge in [0.15, 0.2) is 5.79 Å². The zero-order chi connectivity index (χ0) is 11.5. The van der Waals surface area contributed by atoms with Crippen molar-refractivity contribution in [2.45, 2.75) is 24.1 Å². The maximum Gasteiger partial charge on any atom is 0.315 e. The van der Waals surface area contributed by atoms with E-state index < -0.39 is 17.6 Å². The Morgan fingerprint density at radius 3 is 2.00 bits per heavy atom. The first-order valence-electron chi connectivity index (χ1n) is 5.83. The van der Waals surface area contributed by atoms with E-state index in [0.29, 0.717) is 0 Å². The molecule has 6 heteroatoms. The number of carbonyl (C=O) groups excluding carboxylic acids is 2. The maximum absolute atomic E-state index is 11.9. The van der Waals surface area contributed by atoms with Gasteiger partial charge in [0.05, 0.1) is 0 Å². The van der Waals surface area contributed by atoms with Crippen LogP contribution in [-0.2, 0) is 28.5 Å². The van der Waals surface area contributed by atoms with Crippen LogP contribution in [0.15, 0.2) is 0 Å². The highest BCUT2D eigenvalue weighted by Gasteiger charge is 2.87. The van der Waals surface area contributed by atoms with Crippen LogP contribution < -0.4 is 0 Å². The van der Waals surface area contributed by atoms with Gasteiger partial charge in [-0.05, 0) is 0 Å². The van der Waals surface area contributed by atoms with Crippen LogP contribution >= 0.6 is 0 Å². The van der Waals surface area contributed by atoms with Crippen molar-refractivity contribution in [1.29, 1.82) is 0 Å². The molecule has 4 saturated heterocycles. The molecule has 8 atom stereocenters. The molecule has 0 aromatic carbocycles. The Hall–Kier alpha value is -1.14. The molecular formula is C11H10O6.